The van der Waals surface area contributed by atoms with Gasteiger partial charge in [0.2, 0.25) is 0 Å². The maximum atomic E-state index is 3.97. The molecule has 0 radical (unpaired) electrons. The molecule has 0 nitrogen and oxygen atoms in total. The van der Waals surface area contributed by atoms with E-state index in [1.807, 2.05) is 0 Å². The van der Waals surface area contributed by atoms with Gasteiger partial charge in [0.25, 0.3) is 0 Å². The van der Waals surface area contributed by atoms with Gasteiger partial charge in [-0.25, -0.2) is 0 Å². The number of hydrogen-bond acceptors (Lipinski definition) is 0. The molecule has 0 aliphatic carbocycles. The Morgan fingerprint density at radius 1 is 1.31 bits per heavy atom. The molecule has 1 aromatic rings. The maximum Gasteiger partial charge on any atom is -0.0228 e. The normalized spacial score (nSPS) is 10.2. The summed E-state index contributed by atoms with van der Waals surface area (Å²) in [4.78, 5) is 0. The summed E-state index contributed by atoms with van der Waals surface area (Å²) in [7, 11) is 0. The highest BCUT2D eigenvalue weighted by atomic mass is 14.1. The fourth-order valence-corrected chi connectivity index (χ4v) is 1.55. The predicted molar refractivity (Wildman–Crippen MR) is 60.0 cm³/mol. The Balaban J connectivity index is 3.30. The second kappa shape index (κ2) is 3.78. The number of rotatable bonds is 2. The average molecular weight is 174 g/mol. The largest absolute Gasteiger partial charge is 0.0955 e. The highest BCUT2D eigenvalue weighted by molar-refractivity contribution is 5.63. The van der Waals surface area contributed by atoms with Crippen molar-refractivity contribution in [2.75, 3.05) is 0 Å². The van der Waals surface area contributed by atoms with Crippen LogP contribution >= 0.6 is 0 Å². The van der Waals surface area contributed by atoms with Crippen molar-refractivity contribution >= 4 is 5.57 Å². The molecular weight excluding hydrogens is 156 g/mol. The topological polar surface area (TPSA) is 0 Å². The van der Waals surface area contributed by atoms with Crippen LogP contribution in [0.15, 0.2) is 18.7 Å². The third-order valence-corrected chi connectivity index (χ3v) is 2.65. The standard InChI is InChI=1S/C13H18/c1-6-12-8-13(9(2)3)7-10(4)11(12)5/h7-8H,2,6H2,1,3-5H3. The number of aryl methyl sites for hydroxylation is 2. The molecule has 1 aromatic carbocycles. The molecule has 70 valence electrons. The summed E-state index contributed by atoms with van der Waals surface area (Å²) in [6.45, 7) is 12.6. The lowest BCUT2D eigenvalue weighted by Gasteiger charge is -2.10. The lowest BCUT2D eigenvalue weighted by atomic mass is 9.95. The van der Waals surface area contributed by atoms with Gasteiger partial charge in [0.1, 0.15) is 0 Å². The van der Waals surface area contributed by atoms with Crippen LogP contribution in [-0.2, 0) is 6.42 Å². The van der Waals surface area contributed by atoms with Crippen LogP contribution in [0.3, 0.4) is 0 Å². The van der Waals surface area contributed by atoms with Gasteiger partial charge in [-0.15, -0.1) is 0 Å². The summed E-state index contributed by atoms with van der Waals surface area (Å²) in [6.07, 6.45) is 1.10. The van der Waals surface area contributed by atoms with Crippen molar-refractivity contribution < 1.29 is 0 Å². The zero-order valence-corrected chi connectivity index (χ0v) is 9.07. The minimum Gasteiger partial charge on any atom is -0.0955 e. The third kappa shape index (κ3) is 2.00. The Morgan fingerprint density at radius 2 is 1.92 bits per heavy atom. The third-order valence-electron chi connectivity index (χ3n) is 2.65. The van der Waals surface area contributed by atoms with Crippen molar-refractivity contribution in [3.63, 3.8) is 0 Å². The van der Waals surface area contributed by atoms with E-state index in [4.69, 9.17) is 0 Å². The minimum atomic E-state index is 1.10. The van der Waals surface area contributed by atoms with E-state index in [0.29, 0.717) is 0 Å². The van der Waals surface area contributed by atoms with Crippen molar-refractivity contribution in [2.45, 2.75) is 34.1 Å². The molecule has 0 aliphatic rings. The van der Waals surface area contributed by atoms with E-state index in [2.05, 4.69) is 46.4 Å². The van der Waals surface area contributed by atoms with Crippen LogP contribution in [0.4, 0.5) is 0 Å². The van der Waals surface area contributed by atoms with Crippen LogP contribution in [0.5, 0.6) is 0 Å². The van der Waals surface area contributed by atoms with E-state index in [9.17, 15) is 0 Å². The van der Waals surface area contributed by atoms with E-state index >= 15 is 0 Å². The maximum absolute atomic E-state index is 3.97. The lowest BCUT2D eigenvalue weighted by Crippen LogP contribution is -1.93. The quantitative estimate of drug-likeness (QED) is 0.638. The van der Waals surface area contributed by atoms with Gasteiger partial charge in [-0.05, 0) is 49.4 Å². The van der Waals surface area contributed by atoms with E-state index in [-0.39, 0.29) is 0 Å². The van der Waals surface area contributed by atoms with E-state index in [1.165, 1.54) is 22.3 Å². The summed E-state index contributed by atoms with van der Waals surface area (Å²) >= 11 is 0. The molecule has 0 bridgehead atoms. The Kier molecular flexibility index (Phi) is 2.92. The molecule has 13 heavy (non-hydrogen) atoms. The van der Waals surface area contributed by atoms with Gasteiger partial charge in [0, 0.05) is 0 Å². The van der Waals surface area contributed by atoms with Crippen LogP contribution in [-0.4, -0.2) is 0 Å². The van der Waals surface area contributed by atoms with Gasteiger partial charge in [-0.2, -0.15) is 0 Å². The van der Waals surface area contributed by atoms with Crippen LogP contribution in [0.25, 0.3) is 5.57 Å². The van der Waals surface area contributed by atoms with Crippen molar-refractivity contribution in [1.29, 1.82) is 0 Å². The molecule has 0 N–H and O–H groups in total. The molecular formula is C13H18. The molecule has 0 unspecified atom stereocenters. The first-order valence-corrected chi connectivity index (χ1v) is 4.82. The predicted octanol–water partition coefficient (Wildman–Crippen LogP) is 3.90. The molecule has 0 heteroatoms. The van der Waals surface area contributed by atoms with Gasteiger partial charge in [-0.3, -0.25) is 0 Å². The molecule has 0 aromatic heterocycles. The van der Waals surface area contributed by atoms with Crippen LogP contribution in [0.2, 0.25) is 0 Å². The molecule has 0 fully saturated rings. The Morgan fingerprint density at radius 3 is 2.38 bits per heavy atom. The smallest absolute Gasteiger partial charge is 0.0228 e. The SMILES string of the molecule is C=C(C)c1cc(C)c(C)c(CC)c1. The number of benzene rings is 1. The van der Waals surface area contributed by atoms with E-state index in [0.717, 1.165) is 12.0 Å². The monoisotopic (exact) mass is 174 g/mol. The van der Waals surface area contributed by atoms with E-state index < -0.39 is 0 Å². The molecule has 0 spiro atoms. The molecule has 0 saturated heterocycles. The molecule has 0 saturated carbocycles. The van der Waals surface area contributed by atoms with Gasteiger partial charge in [0.15, 0.2) is 0 Å². The summed E-state index contributed by atoms with van der Waals surface area (Å²) in [5, 5.41) is 0. The fraction of sp³-hybridized carbons (Fsp3) is 0.385. The first kappa shape index (κ1) is 10.0. The summed E-state index contributed by atoms with van der Waals surface area (Å²) in [5.74, 6) is 0. The summed E-state index contributed by atoms with van der Waals surface area (Å²) < 4.78 is 0. The van der Waals surface area contributed by atoms with Crippen LogP contribution in [0.1, 0.15) is 36.1 Å². The second-order valence-electron chi connectivity index (χ2n) is 3.71. The Bertz CT molecular complexity index is 332. The second-order valence-corrected chi connectivity index (χ2v) is 3.71. The fourth-order valence-electron chi connectivity index (χ4n) is 1.55. The number of allylic oxidation sites excluding steroid dienone is 1. The minimum absolute atomic E-state index is 1.10. The van der Waals surface area contributed by atoms with Crippen molar-refractivity contribution in [2.24, 2.45) is 0 Å². The summed E-state index contributed by atoms with van der Waals surface area (Å²) in [6, 6.07) is 4.47. The molecule has 0 aliphatic heterocycles. The first-order chi connectivity index (χ1) is 6.06. The first-order valence-electron chi connectivity index (χ1n) is 4.82. The van der Waals surface area contributed by atoms with E-state index in [1.54, 1.807) is 0 Å². The highest BCUT2D eigenvalue weighted by Crippen LogP contribution is 2.21. The number of hydrogen-bond donors (Lipinski definition) is 0. The highest BCUT2D eigenvalue weighted by Gasteiger charge is 2.02. The van der Waals surface area contributed by atoms with Gasteiger partial charge < -0.3 is 0 Å². The Hall–Kier alpha value is -1.04. The van der Waals surface area contributed by atoms with Crippen LogP contribution < -0.4 is 0 Å². The lowest BCUT2D eigenvalue weighted by molar-refractivity contribution is 1.09. The molecule has 0 amide bonds. The molecule has 0 heterocycles. The summed E-state index contributed by atoms with van der Waals surface area (Å²) in [5.41, 5.74) is 6.67. The van der Waals surface area contributed by atoms with Gasteiger partial charge in [0.05, 0.1) is 0 Å². The molecule has 1 rings (SSSR count). The van der Waals surface area contributed by atoms with Gasteiger partial charge >= 0.3 is 0 Å². The van der Waals surface area contributed by atoms with Crippen molar-refractivity contribution in [3.05, 3.63) is 41.0 Å². The van der Waals surface area contributed by atoms with Crippen LogP contribution in [0, 0.1) is 13.8 Å². The van der Waals surface area contributed by atoms with Crippen molar-refractivity contribution in [3.8, 4) is 0 Å². The van der Waals surface area contributed by atoms with Crippen molar-refractivity contribution in [1.82, 2.24) is 0 Å². The molecule has 0 atom stereocenters. The zero-order valence-electron chi connectivity index (χ0n) is 9.07. The zero-order chi connectivity index (χ0) is 10.0. The average Bonchev–Trinajstić information content (AvgIpc) is 2.09. The Labute approximate surface area is 81.3 Å². The van der Waals surface area contributed by atoms with Gasteiger partial charge in [-0.1, -0.05) is 31.2 Å².